The van der Waals surface area contributed by atoms with Crippen molar-refractivity contribution in [1.82, 2.24) is 5.32 Å². The molecule has 0 aliphatic rings. The maximum absolute atomic E-state index is 11.9. The summed E-state index contributed by atoms with van der Waals surface area (Å²) in [6.45, 7) is 5.95. The predicted molar refractivity (Wildman–Crippen MR) is 76.4 cm³/mol. The van der Waals surface area contributed by atoms with Crippen molar-refractivity contribution in [2.45, 2.75) is 20.8 Å². The van der Waals surface area contributed by atoms with Crippen LogP contribution in [0.25, 0.3) is 0 Å². The lowest BCUT2D eigenvalue weighted by molar-refractivity contribution is 0.0478. The minimum Gasteiger partial charge on any atom is -0.462 e. The zero-order valence-electron chi connectivity index (χ0n) is 12.4. The molecule has 114 valence electrons. The number of carbonyl (C=O) groups is 3. The molecule has 1 amide bonds. The summed E-state index contributed by atoms with van der Waals surface area (Å²) in [6.07, 6.45) is 0. The van der Waals surface area contributed by atoms with Crippen molar-refractivity contribution in [2.24, 2.45) is 0 Å². The number of esters is 2. The van der Waals surface area contributed by atoms with Gasteiger partial charge in [0.25, 0.3) is 5.91 Å². The van der Waals surface area contributed by atoms with Crippen LogP contribution < -0.4 is 5.32 Å². The van der Waals surface area contributed by atoms with E-state index < -0.39 is 11.9 Å². The predicted octanol–water partition coefficient (Wildman–Crippen LogP) is 1.79. The second-order valence-electron chi connectivity index (χ2n) is 4.06. The highest BCUT2D eigenvalue weighted by Gasteiger charge is 2.21. The highest BCUT2D eigenvalue weighted by molar-refractivity contribution is 6.05. The second kappa shape index (κ2) is 8.04. The van der Waals surface area contributed by atoms with Crippen LogP contribution in [-0.4, -0.2) is 37.6 Å². The van der Waals surface area contributed by atoms with Crippen molar-refractivity contribution in [3.8, 4) is 0 Å². The summed E-state index contributed by atoms with van der Waals surface area (Å²) in [5.41, 5.74) is 0.398. The Hall–Kier alpha value is -2.37. The van der Waals surface area contributed by atoms with E-state index in [0.29, 0.717) is 6.54 Å². The number of hydrogen-bond acceptors (Lipinski definition) is 5. The van der Waals surface area contributed by atoms with Crippen molar-refractivity contribution in [3.63, 3.8) is 0 Å². The first-order valence-electron chi connectivity index (χ1n) is 6.81. The van der Waals surface area contributed by atoms with E-state index in [9.17, 15) is 14.4 Å². The molecule has 0 heterocycles. The van der Waals surface area contributed by atoms with Gasteiger partial charge in [-0.1, -0.05) is 0 Å². The Morgan fingerprint density at radius 1 is 0.952 bits per heavy atom. The van der Waals surface area contributed by atoms with Gasteiger partial charge >= 0.3 is 11.9 Å². The molecule has 1 N–H and O–H groups in total. The molecule has 0 aliphatic heterocycles. The molecule has 0 aromatic heterocycles. The van der Waals surface area contributed by atoms with Crippen molar-refractivity contribution in [3.05, 3.63) is 34.9 Å². The molecule has 0 fully saturated rings. The van der Waals surface area contributed by atoms with E-state index in [1.165, 1.54) is 18.2 Å². The lowest BCUT2D eigenvalue weighted by atomic mass is 10.0. The van der Waals surface area contributed by atoms with Crippen molar-refractivity contribution in [2.75, 3.05) is 19.8 Å². The van der Waals surface area contributed by atoms with E-state index in [1.54, 1.807) is 20.8 Å². The topological polar surface area (TPSA) is 81.7 Å². The summed E-state index contributed by atoms with van der Waals surface area (Å²) in [6, 6.07) is 4.21. The first-order valence-corrected chi connectivity index (χ1v) is 6.81. The average Bonchev–Trinajstić information content (AvgIpc) is 2.47. The highest BCUT2D eigenvalue weighted by atomic mass is 16.5. The normalized spacial score (nSPS) is 9.86. The lowest BCUT2D eigenvalue weighted by Gasteiger charge is -2.10. The van der Waals surface area contributed by atoms with E-state index in [4.69, 9.17) is 9.47 Å². The highest BCUT2D eigenvalue weighted by Crippen LogP contribution is 2.15. The largest absolute Gasteiger partial charge is 0.462 e. The molecule has 0 bridgehead atoms. The van der Waals surface area contributed by atoms with Gasteiger partial charge in [-0.25, -0.2) is 9.59 Å². The van der Waals surface area contributed by atoms with E-state index in [1.807, 2.05) is 0 Å². The van der Waals surface area contributed by atoms with E-state index >= 15 is 0 Å². The van der Waals surface area contributed by atoms with Gasteiger partial charge in [0.05, 0.1) is 24.3 Å². The Morgan fingerprint density at radius 2 is 1.52 bits per heavy atom. The Kier molecular flexibility index (Phi) is 6.39. The van der Waals surface area contributed by atoms with E-state index in [-0.39, 0.29) is 35.8 Å². The third-order valence-electron chi connectivity index (χ3n) is 2.61. The molecule has 21 heavy (non-hydrogen) atoms. The summed E-state index contributed by atoms with van der Waals surface area (Å²) >= 11 is 0. The molecule has 1 aromatic rings. The quantitative estimate of drug-likeness (QED) is 0.809. The number of rotatable bonds is 6. The van der Waals surface area contributed by atoms with Crippen LogP contribution in [0.5, 0.6) is 0 Å². The van der Waals surface area contributed by atoms with Crippen LogP contribution in [0.15, 0.2) is 18.2 Å². The molecule has 0 aliphatic carbocycles. The Bertz CT molecular complexity index is 539. The zero-order valence-corrected chi connectivity index (χ0v) is 12.4. The fourth-order valence-corrected chi connectivity index (χ4v) is 1.71. The fraction of sp³-hybridized carbons (Fsp3) is 0.400. The lowest BCUT2D eigenvalue weighted by Crippen LogP contribution is -2.23. The molecule has 1 rings (SSSR count). The van der Waals surface area contributed by atoms with Gasteiger partial charge in [-0.2, -0.15) is 0 Å². The summed E-state index contributed by atoms with van der Waals surface area (Å²) < 4.78 is 9.81. The molecular weight excluding hydrogens is 274 g/mol. The van der Waals surface area contributed by atoms with Gasteiger partial charge in [-0.15, -0.1) is 0 Å². The van der Waals surface area contributed by atoms with Crippen molar-refractivity contribution < 1.29 is 23.9 Å². The molecule has 6 heteroatoms. The molecule has 0 radical (unpaired) electrons. The first-order chi connectivity index (χ1) is 10.0. The Morgan fingerprint density at radius 3 is 2.05 bits per heavy atom. The van der Waals surface area contributed by atoms with Gasteiger partial charge in [-0.3, -0.25) is 4.79 Å². The standard InChI is InChI=1S/C15H19NO5/c1-4-16-13(17)10-7-8-11(14(18)20-5-2)12(9-10)15(19)21-6-3/h7-9H,4-6H2,1-3H3,(H,16,17). The molecule has 6 nitrogen and oxygen atoms in total. The number of amides is 1. The van der Waals surface area contributed by atoms with Gasteiger partial charge in [0, 0.05) is 12.1 Å². The molecule has 1 aromatic carbocycles. The SMILES string of the molecule is CCNC(=O)c1ccc(C(=O)OCC)c(C(=O)OCC)c1. The first kappa shape index (κ1) is 16.7. The summed E-state index contributed by atoms with van der Waals surface area (Å²) in [5, 5.41) is 2.63. The summed E-state index contributed by atoms with van der Waals surface area (Å²) in [4.78, 5) is 35.6. The van der Waals surface area contributed by atoms with Crippen LogP contribution in [-0.2, 0) is 9.47 Å². The molecule has 0 atom stereocenters. The number of nitrogens with one attached hydrogen (secondary N) is 1. The van der Waals surface area contributed by atoms with E-state index in [0.717, 1.165) is 0 Å². The van der Waals surface area contributed by atoms with Crippen LogP contribution in [0.1, 0.15) is 51.8 Å². The number of carbonyl (C=O) groups excluding carboxylic acids is 3. The third-order valence-corrected chi connectivity index (χ3v) is 2.61. The van der Waals surface area contributed by atoms with Gasteiger partial charge < -0.3 is 14.8 Å². The minimum absolute atomic E-state index is 0.0269. The van der Waals surface area contributed by atoms with Crippen LogP contribution in [0, 0.1) is 0 Å². The second-order valence-corrected chi connectivity index (χ2v) is 4.06. The number of benzene rings is 1. The molecule has 0 spiro atoms. The van der Waals surface area contributed by atoms with Gasteiger partial charge in [0.1, 0.15) is 0 Å². The average molecular weight is 293 g/mol. The monoisotopic (exact) mass is 293 g/mol. The van der Waals surface area contributed by atoms with Gasteiger partial charge in [0.15, 0.2) is 0 Å². The molecular formula is C15H19NO5. The van der Waals surface area contributed by atoms with Crippen molar-refractivity contribution >= 4 is 17.8 Å². The van der Waals surface area contributed by atoms with Crippen LogP contribution >= 0.6 is 0 Å². The molecule has 0 saturated carbocycles. The van der Waals surface area contributed by atoms with Crippen LogP contribution in [0.2, 0.25) is 0 Å². The Labute approximate surface area is 123 Å². The van der Waals surface area contributed by atoms with Crippen LogP contribution in [0.4, 0.5) is 0 Å². The fourth-order valence-electron chi connectivity index (χ4n) is 1.71. The summed E-state index contributed by atoms with van der Waals surface area (Å²) in [7, 11) is 0. The summed E-state index contributed by atoms with van der Waals surface area (Å²) in [5.74, 6) is -1.60. The zero-order chi connectivity index (χ0) is 15.8. The van der Waals surface area contributed by atoms with E-state index in [2.05, 4.69) is 5.32 Å². The van der Waals surface area contributed by atoms with Gasteiger partial charge in [0.2, 0.25) is 0 Å². The maximum Gasteiger partial charge on any atom is 0.339 e. The number of hydrogen-bond donors (Lipinski definition) is 1. The van der Waals surface area contributed by atoms with Crippen molar-refractivity contribution in [1.29, 1.82) is 0 Å². The maximum atomic E-state index is 11.9. The smallest absolute Gasteiger partial charge is 0.339 e. The molecule has 0 saturated heterocycles. The Balaban J connectivity index is 3.22. The number of ether oxygens (including phenoxy) is 2. The minimum atomic E-state index is -0.660. The third kappa shape index (κ3) is 4.30. The van der Waals surface area contributed by atoms with Crippen LogP contribution in [0.3, 0.4) is 0 Å². The molecule has 0 unspecified atom stereocenters. The van der Waals surface area contributed by atoms with Gasteiger partial charge in [-0.05, 0) is 39.0 Å².